The summed E-state index contributed by atoms with van der Waals surface area (Å²) in [6, 6.07) is 19.2. The van der Waals surface area contributed by atoms with Crippen LogP contribution >= 0.6 is 0 Å². The summed E-state index contributed by atoms with van der Waals surface area (Å²) in [5.74, 6) is -1.23. The molecule has 0 aliphatic carbocycles. The van der Waals surface area contributed by atoms with Crippen LogP contribution in [0.2, 0.25) is 0 Å². The second-order valence-corrected chi connectivity index (χ2v) is 6.31. The van der Waals surface area contributed by atoms with E-state index in [0.29, 0.717) is 16.5 Å². The highest BCUT2D eigenvalue weighted by Crippen LogP contribution is 2.19. The summed E-state index contributed by atoms with van der Waals surface area (Å²) in [4.78, 5) is 35.4. The first kappa shape index (κ1) is 17.6. The van der Waals surface area contributed by atoms with Gasteiger partial charge in [0.2, 0.25) is 0 Å². The molecule has 28 heavy (non-hydrogen) atoms. The zero-order chi connectivity index (χ0) is 19.7. The first-order valence-corrected chi connectivity index (χ1v) is 8.60. The maximum Gasteiger partial charge on any atom is 0.363 e. The number of rotatable bonds is 3. The molecule has 0 atom stereocenters. The third-order valence-electron chi connectivity index (χ3n) is 4.25. The third kappa shape index (κ3) is 3.27. The summed E-state index contributed by atoms with van der Waals surface area (Å²) in [7, 11) is 0. The molecule has 4 aromatic rings. The summed E-state index contributed by atoms with van der Waals surface area (Å²) in [6.07, 6.45) is 0. The van der Waals surface area contributed by atoms with Crippen LogP contribution in [0.15, 0.2) is 77.6 Å². The molecule has 0 saturated heterocycles. The number of hydrogen-bond donors (Lipinski definition) is 0. The van der Waals surface area contributed by atoms with Gasteiger partial charge in [-0.3, -0.25) is 4.79 Å². The zero-order valence-corrected chi connectivity index (χ0v) is 14.9. The molecule has 4 rings (SSSR count). The zero-order valence-electron chi connectivity index (χ0n) is 14.9. The number of halogens is 1. The molecule has 0 unspecified atom stereocenters. The van der Waals surface area contributed by atoms with E-state index in [9.17, 15) is 14.0 Å². The van der Waals surface area contributed by atoms with E-state index in [0.717, 1.165) is 16.4 Å². The van der Waals surface area contributed by atoms with Gasteiger partial charge in [0.25, 0.3) is 5.56 Å². The predicted octanol–water partition coefficient (Wildman–Crippen LogP) is 3.78. The molecule has 1 heterocycles. The van der Waals surface area contributed by atoms with Gasteiger partial charge in [-0.05, 0) is 43.3 Å². The Morgan fingerprint density at radius 1 is 1.00 bits per heavy atom. The van der Waals surface area contributed by atoms with Crippen molar-refractivity contribution >= 4 is 16.9 Å². The highest BCUT2D eigenvalue weighted by Gasteiger charge is 2.18. The Balaban J connectivity index is 1.90. The minimum absolute atomic E-state index is 0.00440. The molecular formula is C22H15FN2O3. The summed E-state index contributed by atoms with van der Waals surface area (Å²) in [5, 5.41) is 0.311. The second-order valence-electron chi connectivity index (χ2n) is 6.31. The molecule has 0 fully saturated rings. The van der Waals surface area contributed by atoms with Crippen molar-refractivity contribution in [3.05, 3.63) is 100 Å². The molecule has 0 amide bonds. The van der Waals surface area contributed by atoms with Crippen molar-refractivity contribution in [1.82, 2.24) is 9.71 Å². The fourth-order valence-corrected chi connectivity index (χ4v) is 2.92. The topological polar surface area (TPSA) is 61.2 Å². The Morgan fingerprint density at radius 2 is 1.79 bits per heavy atom. The molecule has 6 heteroatoms. The molecule has 5 nitrogen and oxygen atoms in total. The van der Waals surface area contributed by atoms with Gasteiger partial charge in [-0.1, -0.05) is 42.0 Å². The average Bonchev–Trinajstić information content (AvgIpc) is 2.70. The van der Waals surface area contributed by atoms with E-state index in [1.54, 1.807) is 30.3 Å². The number of fused-ring (bicyclic) bond motifs is 1. The van der Waals surface area contributed by atoms with Gasteiger partial charge in [0, 0.05) is 5.56 Å². The van der Waals surface area contributed by atoms with Crippen LogP contribution in [0.25, 0.3) is 22.3 Å². The van der Waals surface area contributed by atoms with E-state index in [4.69, 9.17) is 4.84 Å². The van der Waals surface area contributed by atoms with Gasteiger partial charge in [0.15, 0.2) is 5.82 Å². The van der Waals surface area contributed by atoms with Crippen LogP contribution < -0.4 is 10.4 Å². The Labute approximate surface area is 159 Å². The molecule has 3 aromatic carbocycles. The number of carbonyl (C=O) groups excluding carboxylic acids is 1. The van der Waals surface area contributed by atoms with Crippen molar-refractivity contribution in [3.63, 3.8) is 0 Å². The van der Waals surface area contributed by atoms with Crippen LogP contribution in [0.3, 0.4) is 0 Å². The quantitative estimate of drug-likeness (QED) is 0.548. The lowest BCUT2D eigenvalue weighted by atomic mass is 10.1. The van der Waals surface area contributed by atoms with Crippen LogP contribution in [-0.2, 0) is 0 Å². The number of nitrogens with zero attached hydrogens (tertiary/aromatic N) is 2. The lowest BCUT2D eigenvalue weighted by Gasteiger charge is -2.13. The van der Waals surface area contributed by atoms with Crippen LogP contribution in [0.4, 0.5) is 4.39 Å². The van der Waals surface area contributed by atoms with Gasteiger partial charge in [-0.2, -0.15) is 0 Å². The van der Waals surface area contributed by atoms with Crippen molar-refractivity contribution in [1.29, 1.82) is 0 Å². The number of para-hydroxylation sites is 1. The van der Waals surface area contributed by atoms with Crippen molar-refractivity contribution in [2.45, 2.75) is 6.92 Å². The fourth-order valence-electron chi connectivity index (χ4n) is 2.92. The Hall–Kier alpha value is -3.80. The van der Waals surface area contributed by atoms with Crippen molar-refractivity contribution < 1.29 is 14.0 Å². The molecule has 0 radical (unpaired) electrons. The lowest BCUT2D eigenvalue weighted by Crippen LogP contribution is -2.33. The van der Waals surface area contributed by atoms with E-state index in [2.05, 4.69) is 4.98 Å². The summed E-state index contributed by atoms with van der Waals surface area (Å²) >= 11 is 0. The maximum atomic E-state index is 13.5. The molecule has 0 bridgehead atoms. The van der Waals surface area contributed by atoms with E-state index in [1.807, 2.05) is 25.1 Å². The first-order chi connectivity index (χ1) is 13.5. The van der Waals surface area contributed by atoms with Crippen LogP contribution in [0.5, 0.6) is 0 Å². The molecule has 1 aromatic heterocycles. The first-order valence-electron chi connectivity index (χ1n) is 8.60. The average molecular weight is 374 g/mol. The highest BCUT2D eigenvalue weighted by molar-refractivity contribution is 5.90. The summed E-state index contributed by atoms with van der Waals surface area (Å²) in [6.45, 7) is 1.91. The molecular weight excluding hydrogens is 359 g/mol. The molecule has 0 aliphatic heterocycles. The third-order valence-corrected chi connectivity index (χ3v) is 4.25. The van der Waals surface area contributed by atoms with Gasteiger partial charge >= 0.3 is 5.97 Å². The van der Waals surface area contributed by atoms with Gasteiger partial charge < -0.3 is 4.84 Å². The smallest absolute Gasteiger partial charge is 0.326 e. The van der Waals surface area contributed by atoms with Gasteiger partial charge in [-0.25, -0.2) is 14.2 Å². The molecule has 0 spiro atoms. The second kappa shape index (κ2) is 7.08. The minimum Gasteiger partial charge on any atom is -0.326 e. The largest absolute Gasteiger partial charge is 0.363 e. The Morgan fingerprint density at radius 3 is 2.57 bits per heavy atom. The Kier molecular flexibility index (Phi) is 4.45. The van der Waals surface area contributed by atoms with Gasteiger partial charge in [-0.15, -0.1) is 4.73 Å². The van der Waals surface area contributed by atoms with Crippen LogP contribution in [-0.4, -0.2) is 15.7 Å². The lowest BCUT2D eigenvalue weighted by molar-refractivity contribution is 0.0449. The standard InChI is InChI=1S/C22H15FN2O3/c1-14-6-4-7-15(12-14)20-24-19-11-3-2-10-18(19)21(26)25(20)28-22(27)16-8-5-9-17(23)13-16/h2-13H,1H3. The SMILES string of the molecule is Cc1cccc(-c2nc3ccccc3c(=O)n2OC(=O)c2cccc(F)c2)c1. The van der Waals surface area contributed by atoms with Gasteiger partial charge in [0.05, 0.1) is 16.5 Å². The number of aromatic nitrogens is 2. The number of hydrogen-bond acceptors (Lipinski definition) is 4. The van der Waals surface area contributed by atoms with E-state index in [-0.39, 0.29) is 11.4 Å². The van der Waals surface area contributed by atoms with Crippen LogP contribution in [0, 0.1) is 12.7 Å². The monoisotopic (exact) mass is 374 g/mol. The van der Waals surface area contributed by atoms with Crippen molar-refractivity contribution in [2.24, 2.45) is 0 Å². The molecule has 0 N–H and O–H groups in total. The highest BCUT2D eigenvalue weighted by atomic mass is 19.1. The predicted molar refractivity (Wildman–Crippen MR) is 103 cm³/mol. The Bertz CT molecular complexity index is 1260. The van der Waals surface area contributed by atoms with Gasteiger partial charge in [0.1, 0.15) is 5.82 Å². The minimum atomic E-state index is -0.854. The van der Waals surface area contributed by atoms with Crippen molar-refractivity contribution in [2.75, 3.05) is 0 Å². The molecule has 0 aliphatic rings. The maximum absolute atomic E-state index is 13.5. The van der Waals surface area contributed by atoms with E-state index >= 15 is 0 Å². The fraction of sp³-hybridized carbons (Fsp3) is 0.0455. The van der Waals surface area contributed by atoms with E-state index in [1.165, 1.54) is 18.2 Å². The molecule has 0 saturated carbocycles. The summed E-state index contributed by atoms with van der Waals surface area (Å²) in [5.41, 5.74) is 1.54. The number of aryl methyl sites for hydroxylation is 1. The van der Waals surface area contributed by atoms with Crippen molar-refractivity contribution in [3.8, 4) is 11.4 Å². The van der Waals surface area contributed by atoms with E-state index < -0.39 is 17.3 Å². The number of carbonyl (C=O) groups is 1. The van der Waals surface area contributed by atoms with Crippen LogP contribution in [0.1, 0.15) is 15.9 Å². The summed E-state index contributed by atoms with van der Waals surface area (Å²) < 4.78 is 14.3. The molecule has 138 valence electrons. The normalized spacial score (nSPS) is 10.8. The number of benzene rings is 3.